The van der Waals surface area contributed by atoms with Gasteiger partial charge in [0.1, 0.15) is 6.04 Å². The van der Waals surface area contributed by atoms with Crippen molar-refractivity contribution in [1.29, 1.82) is 0 Å². The maximum absolute atomic E-state index is 11.9. The number of nitrogens with zero attached hydrogens (tertiary/aromatic N) is 1. The van der Waals surface area contributed by atoms with E-state index in [1.807, 2.05) is 20.8 Å². The minimum absolute atomic E-state index is 0.0821. The van der Waals surface area contributed by atoms with Crippen LogP contribution < -0.4 is 5.32 Å². The molecule has 3 unspecified atom stereocenters. The molecule has 0 aliphatic carbocycles. The summed E-state index contributed by atoms with van der Waals surface area (Å²) < 4.78 is 0. The third kappa shape index (κ3) is 4.94. The molecule has 5 nitrogen and oxygen atoms in total. The van der Waals surface area contributed by atoms with Gasteiger partial charge >= 0.3 is 12.0 Å². The van der Waals surface area contributed by atoms with E-state index in [1.165, 1.54) is 0 Å². The molecule has 0 fully saturated rings. The Kier molecular flexibility index (Phi) is 7.39. The Morgan fingerprint density at radius 1 is 1.28 bits per heavy atom. The molecular weight excluding hydrogens is 232 g/mol. The van der Waals surface area contributed by atoms with Gasteiger partial charge < -0.3 is 15.3 Å². The molecule has 0 radical (unpaired) electrons. The van der Waals surface area contributed by atoms with Crippen molar-refractivity contribution in [2.75, 3.05) is 7.05 Å². The summed E-state index contributed by atoms with van der Waals surface area (Å²) in [4.78, 5) is 24.6. The summed E-state index contributed by atoms with van der Waals surface area (Å²) in [6.07, 6.45) is 2.61. The first-order valence-corrected chi connectivity index (χ1v) is 6.61. The second kappa shape index (κ2) is 7.95. The SMILES string of the molecule is CCCC(C)N(C)C(=O)NC(C(=O)O)C(C)CC. The van der Waals surface area contributed by atoms with E-state index in [0.717, 1.165) is 12.8 Å². The van der Waals surface area contributed by atoms with E-state index in [2.05, 4.69) is 12.2 Å². The monoisotopic (exact) mass is 258 g/mol. The fourth-order valence-corrected chi connectivity index (χ4v) is 1.73. The second-order valence-electron chi connectivity index (χ2n) is 4.90. The topological polar surface area (TPSA) is 69.6 Å². The molecule has 0 aliphatic rings. The molecule has 106 valence electrons. The van der Waals surface area contributed by atoms with E-state index in [-0.39, 0.29) is 18.0 Å². The maximum Gasteiger partial charge on any atom is 0.326 e. The third-order valence-electron chi connectivity index (χ3n) is 3.45. The number of urea groups is 1. The molecule has 0 aromatic carbocycles. The van der Waals surface area contributed by atoms with Gasteiger partial charge in [0.15, 0.2) is 0 Å². The Balaban J connectivity index is 4.55. The number of carbonyl (C=O) groups is 2. The Morgan fingerprint density at radius 2 is 1.83 bits per heavy atom. The van der Waals surface area contributed by atoms with Crippen LogP contribution in [0.4, 0.5) is 4.79 Å². The molecular formula is C13H26N2O3. The van der Waals surface area contributed by atoms with Crippen LogP contribution >= 0.6 is 0 Å². The van der Waals surface area contributed by atoms with Crippen LogP contribution in [0.3, 0.4) is 0 Å². The zero-order valence-corrected chi connectivity index (χ0v) is 12.1. The lowest BCUT2D eigenvalue weighted by atomic mass is 9.99. The minimum Gasteiger partial charge on any atom is -0.480 e. The van der Waals surface area contributed by atoms with Crippen LogP contribution in [0.1, 0.15) is 47.0 Å². The minimum atomic E-state index is -0.978. The number of amides is 2. The van der Waals surface area contributed by atoms with Gasteiger partial charge in [0.25, 0.3) is 0 Å². The zero-order valence-electron chi connectivity index (χ0n) is 12.1. The van der Waals surface area contributed by atoms with Crippen LogP contribution in [0.2, 0.25) is 0 Å². The predicted molar refractivity (Wildman–Crippen MR) is 71.5 cm³/mol. The number of carbonyl (C=O) groups excluding carboxylic acids is 1. The molecule has 0 aromatic heterocycles. The number of carboxylic acids is 1. The van der Waals surface area contributed by atoms with E-state index in [0.29, 0.717) is 6.42 Å². The summed E-state index contributed by atoms with van der Waals surface area (Å²) in [5, 5.41) is 11.7. The van der Waals surface area contributed by atoms with Crippen LogP contribution in [0.5, 0.6) is 0 Å². The summed E-state index contributed by atoms with van der Waals surface area (Å²) in [6.45, 7) is 7.76. The lowest BCUT2D eigenvalue weighted by Crippen LogP contribution is -2.51. The van der Waals surface area contributed by atoms with Crippen molar-refractivity contribution < 1.29 is 14.7 Å². The smallest absolute Gasteiger partial charge is 0.326 e. The molecule has 0 heterocycles. The highest BCUT2D eigenvalue weighted by molar-refractivity contribution is 5.82. The van der Waals surface area contributed by atoms with E-state index in [4.69, 9.17) is 5.11 Å². The van der Waals surface area contributed by atoms with Crippen LogP contribution in [0, 0.1) is 5.92 Å². The van der Waals surface area contributed by atoms with E-state index in [9.17, 15) is 9.59 Å². The van der Waals surface area contributed by atoms with Crippen molar-refractivity contribution in [1.82, 2.24) is 10.2 Å². The molecule has 0 rings (SSSR count). The number of hydrogen-bond acceptors (Lipinski definition) is 2. The molecule has 0 bridgehead atoms. The van der Waals surface area contributed by atoms with E-state index >= 15 is 0 Å². The summed E-state index contributed by atoms with van der Waals surface area (Å²) in [5.41, 5.74) is 0. The number of nitrogens with one attached hydrogen (secondary N) is 1. The van der Waals surface area contributed by atoms with Gasteiger partial charge in [0.05, 0.1) is 0 Å². The molecule has 2 N–H and O–H groups in total. The van der Waals surface area contributed by atoms with Crippen molar-refractivity contribution in [3.63, 3.8) is 0 Å². The molecule has 18 heavy (non-hydrogen) atoms. The molecule has 2 amide bonds. The molecule has 5 heteroatoms. The van der Waals surface area contributed by atoms with Crippen molar-refractivity contribution in [3.8, 4) is 0 Å². The van der Waals surface area contributed by atoms with Gasteiger partial charge in [0.2, 0.25) is 0 Å². The lowest BCUT2D eigenvalue weighted by Gasteiger charge is -2.28. The van der Waals surface area contributed by atoms with Gasteiger partial charge in [-0.15, -0.1) is 0 Å². The fourth-order valence-electron chi connectivity index (χ4n) is 1.73. The fraction of sp³-hybridized carbons (Fsp3) is 0.846. The Hall–Kier alpha value is -1.26. The summed E-state index contributed by atoms with van der Waals surface area (Å²) in [7, 11) is 1.70. The zero-order chi connectivity index (χ0) is 14.3. The highest BCUT2D eigenvalue weighted by Crippen LogP contribution is 2.10. The lowest BCUT2D eigenvalue weighted by molar-refractivity contribution is -0.140. The van der Waals surface area contributed by atoms with Crippen molar-refractivity contribution >= 4 is 12.0 Å². The van der Waals surface area contributed by atoms with Crippen molar-refractivity contribution in [2.24, 2.45) is 5.92 Å². The highest BCUT2D eigenvalue weighted by Gasteiger charge is 2.27. The number of carboxylic acid groups (broad SMARTS) is 1. The first-order valence-electron chi connectivity index (χ1n) is 6.61. The molecule has 3 atom stereocenters. The van der Waals surface area contributed by atoms with Crippen LogP contribution in [0.15, 0.2) is 0 Å². The molecule has 0 saturated heterocycles. The van der Waals surface area contributed by atoms with Gasteiger partial charge in [-0.05, 0) is 19.3 Å². The number of hydrogen-bond donors (Lipinski definition) is 2. The quantitative estimate of drug-likeness (QED) is 0.736. The van der Waals surface area contributed by atoms with Crippen LogP contribution in [-0.2, 0) is 4.79 Å². The third-order valence-corrected chi connectivity index (χ3v) is 3.45. The van der Waals surface area contributed by atoms with Gasteiger partial charge in [-0.3, -0.25) is 0 Å². The summed E-state index contributed by atoms with van der Waals surface area (Å²) in [5.74, 6) is -1.06. The highest BCUT2D eigenvalue weighted by atomic mass is 16.4. The molecule has 0 saturated carbocycles. The molecule has 0 aliphatic heterocycles. The van der Waals surface area contributed by atoms with Gasteiger partial charge in [-0.25, -0.2) is 9.59 Å². The van der Waals surface area contributed by atoms with Crippen molar-refractivity contribution in [3.05, 3.63) is 0 Å². The Morgan fingerprint density at radius 3 is 2.22 bits per heavy atom. The van der Waals surface area contributed by atoms with Gasteiger partial charge in [0, 0.05) is 13.1 Å². The number of rotatable bonds is 7. The second-order valence-corrected chi connectivity index (χ2v) is 4.90. The predicted octanol–water partition coefficient (Wildman–Crippen LogP) is 2.32. The largest absolute Gasteiger partial charge is 0.480 e. The van der Waals surface area contributed by atoms with E-state index in [1.54, 1.807) is 11.9 Å². The molecule has 0 spiro atoms. The number of aliphatic carboxylic acids is 1. The summed E-state index contributed by atoms with van der Waals surface area (Å²) >= 11 is 0. The normalized spacial score (nSPS) is 15.6. The average Bonchev–Trinajstić information content (AvgIpc) is 2.33. The molecule has 0 aromatic rings. The average molecular weight is 258 g/mol. The van der Waals surface area contributed by atoms with Gasteiger partial charge in [-0.1, -0.05) is 33.6 Å². The Bertz CT molecular complexity index is 281. The standard InChI is InChI=1S/C13H26N2O3/c1-6-8-10(4)15(5)13(18)14-11(12(16)17)9(3)7-2/h9-11H,6-8H2,1-5H3,(H,14,18)(H,16,17). The maximum atomic E-state index is 11.9. The van der Waals surface area contributed by atoms with Crippen molar-refractivity contribution in [2.45, 2.75) is 59.0 Å². The van der Waals surface area contributed by atoms with E-state index < -0.39 is 12.0 Å². The Labute approximate surface area is 110 Å². The van der Waals surface area contributed by atoms with Crippen LogP contribution in [-0.4, -0.2) is 41.1 Å². The first kappa shape index (κ1) is 16.7. The first-order chi connectivity index (χ1) is 8.34. The van der Waals surface area contributed by atoms with Gasteiger partial charge in [-0.2, -0.15) is 0 Å². The van der Waals surface area contributed by atoms with Crippen LogP contribution in [0.25, 0.3) is 0 Å². The summed E-state index contributed by atoms with van der Waals surface area (Å²) in [6, 6.07) is -1.02.